The molecule has 0 aromatic heterocycles. The SMILES string of the molecule is C=CCN(C(=O)CC(C)(C)C(=O)O)C(C)(C)C. The Bertz CT molecular complexity index is 313. The molecule has 1 N–H and O–H groups in total. The Morgan fingerprint density at radius 2 is 1.71 bits per heavy atom. The van der Waals surface area contributed by atoms with E-state index < -0.39 is 11.4 Å². The molecule has 0 saturated heterocycles. The lowest BCUT2D eigenvalue weighted by Gasteiger charge is -2.36. The van der Waals surface area contributed by atoms with Crippen molar-refractivity contribution in [2.24, 2.45) is 5.41 Å². The summed E-state index contributed by atoms with van der Waals surface area (Å²) >= 11 is 0. The first-order valence-corrected chi connectivity index (χ1v) is 5.67. The molecule has 0 bridgehead atoms. The molecule has 0 aromatic carbocycles. The molecule has 4 nitrogen and oxygen atoms in total. The van der Waals surface area contributed by atoms with Gasteiger partial charge in [0.1, 0.15) is 0 Å². The highest BCUT2D eigenvalue weighted by atomic mass is 16.4. The standard InChI is InChI=1S/C13H23NO3/c1-7-8-14(12(2,3)4)10(15)9-13(5,6)11(16)17/h7H,1,8-9H2,2-6H3,(H,16,17). The lowest BCUT2D eigenvalue weighted by molar-refractivity contribution is -0.152. The lowest BCUT2D eigenvalue weighted by Crippen LogP contribution is -2.47. The highest BCUT2D eigenvalue weighted by molar-refractivity contribution is 5.84. The second-order valence-corrected chi connectivity index (χ2v) is 5.83. The summed E-state index contributed by atoms with van der Waals surface area (Å²) in [6.07, 6.45) is 1.64. The number of hydrogen-bond acceptors (Lipinski definition) is 2. The van der Waals surface area contributed by atoms with Crippen LogP contribution in [-0.4, -0.2) is 34.0 Å². The number of aliphatic carboxylic acids is 1. The van der Waals surface area contributed by atoms with Crippen LogP contribution in [0.2, 0.25) is 0 Å². The van der Waals surface area contributed by atoms with Gasteiger partial charge in [0.05, 0.1) is 5.41 Å². The third kappa shape index (κ3) is 4.59. The van der Waals surface area contributed by atoms with Crippen LogP contribution in [0.25, 0.3) is 0 Å². The van der Waals surface area contributed by atoms with Crippen molar-refractivity contribution < 1.29 is 14.7 Å². The highest BCUT2D eigenvalue weighted by Crippen LogP contribution is 2.24. The number of carboxylic acids is 1. The predicted octanol–water partition coefficient (Wildman–Crippen LogP) is 2.30. The van der Waals surface area contributed by atoms with Crippen molar-refractivity contribution >= 4 is 11.9 Å². The maximum Gasteiger partial charge on any atom is 0.309 e. The number of amides is 1. The summed E-state index contributed by atoms with van der Waals surface area (Å²) in [5.41, 5.74) is -1.37. The molecule has 0 aromatic rings. The summed E-state index contributed by atoms with van der Waals surface area (Å²) in [4.78, 5) is 24.8. The molecule has 0 rings (SSSR count). The minimum Gasteiger partial charge on any atom is -0.481 e. The highest BCUT2D eigenvalue weighted by Gasteiger charge is 2.34. The van der Waals surface area contributed by atoms with Crippen molar-refractivity contribution in [3.63, 3.8) is 0 Å². The van der Waals surface area contributed by atoms with E-state index in [1.54, 1.807) is 24.8 Å². The second-order valence-electron chi connectivity index (χ2n) is 5.83. The molecule has 0 saturated carbocycles. The van der Waals surface area contributed by atoms with Gasteiger partial charge in [0.15, 0.2) is 0 Å². The van der Waals surface area contributed by atoms with Crippen LogP contribution in [-0.2, 0) is 9.59 Å². The molecular formula is C13H23NO3. The Kier molecular flexibility index (Phi) is 4.93. The van der Waals surface area contributed by atoms with Gasteiger partial charge in [0, 0.05) is 18.5 Å². The molecule has 1 amide bonds. The fourth-order valence-electron chi connectivity index (χ4n) is 1.43. The first kappa shape index (κ1) is 15.7. The number of hydrogen-bond donors (Lipinski definition) is 1. The van der Waals surface area contributed by atoms with E-state index in [1.165, 1.54) is 0 Å². The van der Waals surface area contributed by atoms with Gasteiger partial charge in [-0.3, -0.25) is 9.59 Å². The molecular weight excluding hydrogens is 218 g/mol. The van der Waals surface area contributed by atoms with Gasteiger partial charge in [-0.15, -0.1) is 6.58 Å². The Hall–Kier alpha value is -1.32. The summed E-state index contributed by atoms with van der Waals surface area (Å²) in [6, 6.07) is 0. The smallest absolute Gasteiger partial charge is 0.309 e. The van der Waals surface area contributed by atoms with Crippen LogP contribution >= 0.6 is 0 Å². The average Bonchev–Trinajstić information content (AvgIpc) is 2.10. The number of carboxylic acid groups (broad SMARTS) is 1. The minimum atomic E-state index is -1.04. The molecule has 0 aliphatic rings. The Balaban J connectivity index is 4.88. The van der Waals surface area contributed by atoms with Crippen LogP contribution in [0.4, 0.5) is 0 Å². The summed E-state index contributed by atoms with van der Waals surface area (Å²) in [5.74, 6) is -1.12. The van der Waals surface area contributed by atoms with E-state index in [0.717, 1.165) is 0 Å². The fraction of sp³-hybridized carbons (Fsp3) is 0.692. The molecule has 17 heavy (non-hydrogen) atoms. The van der Waals surface area contributed by atoms with E-state index in [0.29, 0.717) is 6.54 Å². The quantitative estimate of drug-likeness (QED) is 0.751. The van der Waals surface area contributed by atoms with Gasteiger partial charge in [-0.1, -0.05) is 6.08 Å². The van der Waals surface area contributed by atoms with Crippen LogP contribution in [0.3, 0.4) is 0 Å². The van der Waals surface area contributed by atoms with Crippen LogP contribution in [0, 0.1) is 5.41 Å². The zero-order valence-corrected chi connectivity index (χ0v) is 11.4. The number of carbonyl (C=O) groups excluding carboxylic acids is 1. The molecule has 0 atom stereocenters. The zero-order chi connectivity index (χ0) is 13.9. The van der Waals surface area contributed by atoms with Crippen molar-refractivity contribution in [1.29, 1.82) is 0 Å². The van der Waals surface area contributed by atoms with Crippen LogP contribution in [0.15, 0.2) is 12.7 Å². The maximum atomic E-state index is 12.1. The normalized spacial score (nSPS) is 12.1. The van der Waals surface area contributed by atoms with Crippen molar-refractivity contribution in [2.75, 3.05) is 6.54 Å². The van der Waals surface area contributed by atoms with Crippen molar-refractivity contribution in [2.45, 2.75) is 46.6 Å². The van der Waals surface area contributed by atoms with Gasteiger partial charge in [-0.05, 0) is 34.6 Å². The van der Waals surface area contributed by atoms with E-state index in [4.69, 9.17) is 5.11 Å². The molecule has 0 fully saturated rings. The van der Waals surface area contributed by atoms with Crippen molar-refractivity contribution in [1.82, 2.24) is 4.90 Å². The van der Waals surface area contributed by atoms with E-state index in [-0.39, 0.29) is 17.9 Å². The van der Waals surface area contributed by atoms with Crippen LogP contribution in [0.1, 0.15) is 41.0 Å². The molecule has 98 valence electrons. The molecule has 0 spiro atoms. The largest absolute Gasteiger partial charge is 0.481 e. The molecule has 4 heteroatoms. The monoisotopic (exact) mass is 241 g/mol. The van der Waals surface area contributed by atoms with Gasteiger partial charge < -0.3 is 10.0 Å². The maximum absolute atomic E-state index is 12.1. The van der Waals surface area contributed by atoms with E-state index >= 15 is 0 Å². The zero-order valence-electron chi connectivity index (χ0n) is 11.4. The van der Waals surface area contributed by atoms with E-state index in [9.17, 15) is 9.59 Å². The average molecular weight is 241 g/mol. The van der Waals surface area contributed by atoms with Gasteiger partial charge in [-0.25, -0.2) is 0 Å². The lowest BCUT2D eigenvalue weighted by atomic mass is 9.88. The van der Waals surface area contributed by atoms with E-state index in [2.05, 4.69) is 6.58 Å². The van der Waals surface area contributed by atoms with Crippen LogP contribution in [0.5, 0.6) is 0 Å². The van der Waals surface area contributed by atoms with Gasteiger partial charge in [0.2, 0.25) is 5.91 Å². The minimum absolute atomic E-state index is 0.00650. The second kappa shape index (κ2) is 5.34. The number of nitrogens with zero attached hydrogens (tertiary/aromatic N) is 1. The first-order valence-electron chi connectivity index (χ1n) is 5.67. The fourth-order valence-corrected chi connectivity index (χ4v) is 1.43. The Labute approximate surface area is 103 Å². The van der Waals surface area contributed by atoms with Gasteiger partial charge >= 0.3 is 5.97 Å². The van der Waals surface area contributed by atoms with E-state index in [1.807, 2.05) is 20.8 Å². The molecule has 0 heterocycles. The van der Waals surface area contributed by atoms with Crippen molar-refractivity contribution in [3.05, 3.63) is 12.7 Å². The Morgan fingerprint density at radius 1 is 1.24 bits per heavy atom. The molecule has 0 radical (unpaired) electrons. The van der Waals surface area contributed by atoms with Crippen molar-refractivity contribution in [3.8, 4) is 0 Å². The van der Waals surface area contributed by atoms with Gasteiger partial charge in [-0.2, -0.15) is 0 Å². The van der Waals surface area contributed by atoms with Gasteiger partial charge in [0.25, 0.3) is 0 Å². The molecule has 0 aliphatic heterocycles. The predicted molar refractivity (Wildman–Crippen MR) is 67.7 cm³/mol. The molecule has 0 aliphatic carbocycles. The summed E-state index contributed by atoms with van der Waals surface area (Å²) in [7, 11) is 0. The first-order chi connectivity index (χ1) is 7.52. The summed E-state index contributed by atoms with van der Waals surface area (Å²) in [5, 5.41) is 9.01. The summed E-state index contributed by atoms with van der Waals surface area (Å²) < 4.78 is 0. The number of rotatable bonds is 5. The third-order valence-electron chi connectivity index (χ3n) is 2.59. The Morgan fingerprint density at radius 3 is 2.00 bits per heavy atom. The third-order valence-corrected chi connectivity index (χ3v) is 2.59. The number of carbonyl (C=O) groups is 2. The molecule has 0 unspecified atom stereocenters. The summed E-state index contributed by atoms with van der Waals surface area (Å²) in [6.45, 7) is 12.9. The topological polar surface area (TPSA) is 57.6 Å². The van der Waals surface area contributed by atoms with Crippen LogP contribution < -0.4 is 0 Å².